The Kier molecular flexibility index (Phi) is 4.48. The first-order chi connectivity index (χ1) is 13.6. The summed E-state index contributed by atoms with van der Waals surface area (Å²) in [6, 6.07) is 5.12. The summed E-state index contributed by atoms with van der Waals surface area (Å²) in [4.78, 5) is 17.8. The van der Waals surface area contributed by atoms with E-state index in [0.717, 1.165) is 11.5 Å². The van der Waals surface area contributed by atoms with E-state index >= 15 is 0 Å². The molecule has 1 unspecified atom stereocenters. The molecule has 0 aliphatic carbocycles. The summed E-state index contributed by atoms with van der Waals surface area (Å²) in [5, 5.41) is 15.4. The van der Waals surface area contributed by atoms with Crippen molar-refractivity contribution in [1.29, 1.82) is 0 Å². The Morgan fingerprint density at radius 1 is 1.28 bits per heavy atom. The number of fused-ring (bicyclic) bond motifs is 1. The van der Waals surface area contributed by atoms with Gasteiger partial charge in [0.1, 0.15) is 5.75 Å². The molecular formula is C20H19F3N4O2. The number of halogens is 3. The van der Waals surface area contributed by atoms with Crippen molar-refractivity contribution >= 4 is 16.9 Å². The third-order valence-electron chi connectivity index (χ3n) is 5.18. The Labute approximate surface area is 164 Å². The summed E-state index contributed by atoms with van der Waals surface area (Å²) >= 11 is 0. The standard InChI is InChI=1S/C20H19F3N4O2/c1-11-5-14(20(21,22)23)7-16(28)18(11)15-4-3-13-10-27(25-19(13)24-15)9-12-6-17(29)26(2)8-12/h3-5,7,10,12,28H,6,8-9H2,1-2H3. The zero-order valence-electron chi connectivity index (χ0n) is 15.9. The molecule has 6 nitrogen and oxygen atoms in total. The number of carbonyl (C=O) groups excluding carboxylic acids is 1. The van der Waals surface area contributed by atoms with E-state index in [-0.39, 0.29) is 23.0 Å². The van der Waals surface area contributed by atoms with Gasteiger partial charge in [-0.3, -0.25) is 9.48 Å². The van der Waals surface area contributed by atoms with Crippen molar-refractivity contribution in [3.8, 4) is 17.0 Å². The number of phenols is 1. The lowest BCUT2D eigenvalue weighted by molar-refractivity contribution is -0.137. The van der Waals surface area contributed by atoms with Crippen molar-refractivity contribution in [2.24, 2.45) is 5.92 Å². The molecule has 152 valence electrons. The number of alkyl halides is 3. The van der Waals surface area contributed by atoms with Crippen LogP contribution in [0.1, 0.15) is 17.5 Å². The Hall–Kier alpha value is -3.10. The van der Waals surface area contributed by atoms with Gasteiger partial charge in [-0.2, -0.15) is 18.3 Å². The molecule has 3 aromatic rings. The molecule has 1 aliphatic heterocycles. The largest absolute Gasteiger partial charge is 0.507 e. The van der Waals surface area contributed by atoms with E-state index in [4.69, 9.17) is 0 Å². The highest BCUT2D eigenvalue weighted by Crippen LogP contribution is 2.38. The molecule has 0 spiro atoms. The molecule has 2 aromatic heterocycles. The molecule has 29 heavy (non-hydrogen) atoms. The molecule has 3 heterocycles. The van der Waals surface area contributed by atoms with Gasteiger partial charge in [0.2, 0.25) is 5.91 Å². The molecular weight excluding hydrogens is 385 g/mol. The summed E-state index contributed by atoms with van der Waals surface area (Å²) in [7, 11) is 1.77. The lowest BCUT2D eigenvalue weighted by Gasteiger charge is -2.13. The minimum absolute atomic E-state index is 0.111. The molecule has 1 N–H and O–H groups in total. The maximum atomic E-state index is 12.9. The normalized spacial score (nSPS) is 17.5. The van der Waals surface area contributed by atoms with Gasteiger partial charge in [0.25, 0.3) is 0 Å². The van der Waals surface area contributed by atoms with Crippen LogP contribution in [0.2, 0.25) is 0 Å². The molecule has 4 rings (SSSR count). The number of pyridine rings is 1. The monoisotopic (exact) mass is 404 g/mol. The van der Waals surface area contributed by atoms with Crippen molar-refractivity contribution in [3.63, 3.8) is 0 Å². The van der Waals surface area contributed by atoms with Gasteiger partial charge in [0.15, 0.2) is 5.65 Å². The van der Waals surface area contributed by atoms with Gasteiger partial charge in [-0.1, -0.05) is 0 Å². The van der Waals surface area contributed by atoms with Crippen LogP contribution in [0.25, 0.3) is 22.3 Å². The zero-order valence-corrected chi connectivity index (χ0v) is 15.9. The average molecular weight is 404 g/mol. The topological polar surface area (TPSA) is 71.2 Å². The number of aryl methyl sites for hydroxylation is 1. The van der Waals surface area contributed by atoms with Gasteiger partial charge in [-0.25, -0.2) is 4.98 Å². The lowest BCUT2D eigenvalue weighted by atomic mass is 10.00. The highest BCUT2D eigenvalue weighted by atomic mass is 19.4. The number of amides is 1. The highest BCUT2D eigenvalue weighted by molar-refractivity contribution is 5.80. The number of aromatic nitrogens is 3. The molecule has 0 saturated carbocycles. The van der Waals surface area contributed by atoms with Gasteiger partial charge in [-0.15, -0.1) is 0 Å². The van der Waals surface area contributed by atoms with E-state index in [9.17, 15) is 23.1 Å². The minimum Gasteiger partial charge on any atom is -0.507 e. The first kappa shape index (κ1) is 19.2. The maximum Gasteiger partial charge on any atom is 0.416 e. The first-order valence-corrected chi connectivity index (χ1v) is 9.11. The number of aromatic hydroxyl groups is 1. The summed E-state index contributed by atoms with van der Waals surface area (Å²) < 4.78 is 40.6. The summed E-state index contributed by atoms with van der Waals surface area (Å²) in [6.07, 6.45) is -2.23. The van der Waals surface area contributed by atoms with Gasteiger partial charge in [0, 0.05) is 49.6 Å². The van der Waals surface area contributed by atoms with Gasteiger partial charge < -0.3 is 10.0 Å². The third-order valence-corrected chi connectivity index (χ3v) is 5.18. The van der Waals surface area contributed by atoms with Crippen LogP contribution in [0, 0.1) is 12.8 Å². The van der Waals surface area contributed by atoms with Crippen molar-refractivity contribution in [2.45, 2.75) is 26.1 Å². The number of carbonyl (C=O) groups is 1. The van der Waals surface area contributed by atoms with E-state index < -0.39 is 17.5 Å². The Morgan fingerprint density at radius 3 is 2.66 bits per heavy atom. The maximum absolute atomic E-state index is 12.9. The fraction of sp³-hybridized carbons (Fsp3) is 0.350. The SMILES string of the molecule is Cc1cc(C(F)(F)F)cc(O)c1-c1ccc2cn(CC3CC(=O)N(C)C3)nc2n1. The number of rotatable bonds is 3. The second kappa shape index (κ2) is 6.75. The van der Waals surface area contributed by atoms with Crippen LogP contribution in [-0.2, 0) is 17.5 Å². The Morgan fingerprint density at radius 2 is 2.03 bits per heavy atom. The number of nitrogens with zero attached hydrogens (tertiary/aromatic N) is 4. The average Bonchev–Trinajstić information content (AvgIpc) is 3.15. The van der Waals surface area contributed by atoms with Crippen LogP contribution in [0.5, 0.6) is 5.75 Å². The summed E-state index contributed by atoms with van der Waals surface area (Å²) in [5.41, 5.74) is 0.396. The molecule has 1 aromatic carbocycles. The fourth-order valence-electron chi connectivity index (χ4n) is 3.79. The van der Waals surface area contributed by atoms with Gasteiger partial charge in [-0.05, 0) is 36.8 Å². The lowest BCUT2D eigenvalue weighted by Crippen LogP contribution is -2.20. The Bertz CT molecular complexity index is 1080. The van der Waals surface area contributed by atoms with Crippen molar-refractivity contribution < 1.29 is 23.1 Å². The number of hydrogen-bond donors (Lipinski definition) is 1. The molecule has 1 fully saturated rings. The second-order valence-electron chi connectivity index (χ2n) is 7.49. The second-order valence-corrected chi connectivity index (χ2v) is 7.49. The van der Waals surface area contributed by atoms with Crippen LogP contribution in [-0.4, -0.2) is 44.3 Å². The van der Waals surface area contributed by atoms with Crippen molar-refractivity contribution in [1.82, 2.24) is 19.7 Å². The number of likely N-dealkylation sites (tertiary alicyclic amines) is 1. The molecule has 0 radical (unpaired) electrons. The third kappa shape index (κ3) is 3.64. The van der Waals surface area contributed by atoms with Crippen LogP contribution >= 0.6 is 0 Å². The number of hydrogen-bond acceptors (Lipinski definition) is 4. The summed E-state index contributed by atoms with van der Waals surface area (Å²) in [5.74, 6) is -0.195. The van der Waals surface area contributed by atoms with E-state index in [1.165, 1.54) is 6.92 Å². The molecule has 0 bridgehead atoms. The van der Waals surface area contributed by atoms with Gasteiger partial charge in [0.05, 0.1) is 11.3 Å². The predicted molar refractivity (Wildman–Crippen MR) is 100 cm³/mol. The Balaban J connectivity index is 1.65. The molecule has 1 aliphatic rings. The number of benzene rings is 1. The first-order valence-electron chi connectivity index (χ1n) is 9.11. The zero-order chi connectivity index (χ0) is 20.9. The van der Waals surface area contributed by atoms with Crippen LogP contribution < -0.4 is 0 Å². The van der Waals surface area contributed by atoms with Crippen molar-refractivity contribution in [3.05, 3.63) is 41.6 Å². The van der Waals surface area contributed by atoms with Crippen LogP contribution in [0.4, 0.5) is 13.2 Å². The fourth-order valence-corrected chi connectivity index (χ4v) is 3.79. The summed E-state index contributed by atoms with van der Waals surface area (Å²) in [6.45, 7) is 2.75. The number of phenolic OH excluding ortho intramolecular Hbond substituents is 1. The van der Waals surface area contributed by atoms with E-state index in [0.29, 0.717) is 36.9 Å². The van der Waals surface area contributed by atoms with Gasteiger partial charge >= 0.3 is 6.18 Å². The van der Waals surface area contributed by atoms with E-state index in [2.05, 4.69) is 10.1 Å². The van der Waals surface area contributed by atoms with Crippen LogP contribution in [0.15, 0.2) is 30.5 Å². The molecule has 1 saturated heterocycles. The predicted octanol–water partition coefficient (Wildman–Crippen LogP) is 3.61. The van der Waals surface area contributed by atoms with E-state index in [1.54, 1.807) is 28.8 Å². The van der Waals surface area contributed by atoms with Crippen LogP contribution in [0.3, 0.4) is 0 Å². The molecule has 1 atom stereocenters. The van der Waals surface area contributed by atoms with E-state index in [1.807, 2.05) is 6.20 Å². The quantitative estimate of drug-likeness (QED) is 0.724. The minimum atomic E-state index is -4.54. The molecule has 9 heteroatoms. The van der Waals surface area contributed by atoms with Crippen molar-refractivity contribution in [2.75, 3.05) is 13.6 Å². The highest BCUT2D eigenvalue weighted by Gasteiger charge is 2.32. The molecule has 1 amide bonds. The smallest absolute Gasteiger partial charge is 0.416 e.